The monoisotopic (exact) mass is 260 g/mol. The van der Waals surface area contributed by atoms with Crippen LogP contribution in [-0.2, 0) is 0 Å². The van der Waals surface area contributed by atoms with Gasteiger partial charge in [-0.2, -0.15) is 0 Å². The molecule has 4 nitrogen and oxygen atoms in total. The van der Waals surface area contributed by atoms with Gasteiger partial charge < -0.3 is 15.3 Å². The Kier molecular flexibility index (Phi) is 3.19. The van der Waals surface area contributed by atoms with Gasteiger partial charge in [-0.25, -0.2) is 4.79 Å². The number of benzene rings is 1. The summed E-state index contributed by atoms with van der Waals surface area (Å²) in [5.74, 6) is 0. The number of anilines is 1. The first-order valence-corrected chi connectivity index (χ1v) is 6.97. The molecule has 1 aromatic rings. The molecule has 2 heterocycles. The third-order valence-corrected chi connectivity index (χ3v) is 4.25. The number of carbonyl (C=O) groups is 1. The second kappa shape index (κ2) is 4.85. The predicted octanol–water partition coefficient (Wildman–Crippen LogP) is 2.51. The van der Waals surface area contributed by atoms with Crippen molar-refractivity contribution >= 4 is 11.7 Å². The molecule has 4 heteroatoms. The molecular weight excluding hydrogens is 240 g/mol. The summed E-state index contributed by atoms with van der Waals surface area (Å²) in [5.41, 5.74) is 2.01. The van der Waals surface area contributed by atoms with Gasteiger partial charge >= 0.3 is 6.03 Å². The van der Waals surface area contributed by atoms with Gasteiger partial charge in [-0.15, -0.1) is 0 Å². The number of rotatable bonds is 1. The molecule has 2 fully saturated rings. The topological polar surface area (TPSA) is 52.6 Å². The average molecular weight is 260 g/mol. The minimum Gasteiger partial charge on any atom is -0.393 e. The van der Waals surface area contributed by atoms with Crippen molar-refractivity contribution in [2.75, 3.05) is 5.32 Å². The summed E-state index contributed by atoms with van der Waals surface area (Å²) < 4.78 is 0. The molecule has 2 amide bonds. The van der Waals surface area contributed by atoms with E-state index in [-0.39, 0.29) is 24.2 Å². The highest BCUT2D eigenvalue weighted by Gasteiger charge is 2.42. The number of aliphatic hydroxyl groups is 1. The number of fused-ring (bicyclic) bond motifs is 2. The number of nitrogens with one attached hydrogen (secondary N) is 1. The van der Waals surface area contributed by atoms with Gasteiger partial charge in [0.2, 0.25) is 0 Å². The quantitative estimate of drug-likeness (QED) is 0.815. The average Bonchev–Trinajstić information content (AvgIpc) is 2.65. The summed E-state index contributed by atoms with van der Waals surface area (Å²) >= 11 is 0. The molecule has 2 aliphatic rings. The van der Waals surface area contributed by atoms with Crippen LogP contribution in [0.1, 0.15) is 31.2 Å². The van der Waals surface area contributed by atoms with Gasteiger partial charge in [-0.1, -0.05) is 17.7 Å². The molecule has 0 aromatic heterocycles. The van der Waals surface area contributed by atoms with Crippen molar-refractivity contribution in [2.45, 2.75) is 50.8 Å². The second-order valence-electron chi connectivity index (χ2n) is 5.71. The highest BCUT2D eigenvalue weighted by molar-refractivity contribution is 5.90. The minimum absolute atomic E-state index is 0.0248. The summed E-state index contributed by atoms with van der Waals surface area (Å²) in [6.45, 7) is 2.03. The number of urea groups is 1. The van der Waals surface area contributed by atoms with Crippen molar-refractivity contribution < 1.29 is 9.90 Å². The number of amides is 2. The first kappa shape index (κ1) is 12.5. The Morgan fingerprint density at radius 1 is 1.21 bits per heavy atom. The van der Waals surface area contributed by atoms with Crippen molar-refractivity contribution in [1.29, 1.82) is 0 Å². The number of hydrogen-bond acceptors (Lipinski definition) is 2. The third-order valence-electron chi connectivity index (χ3n) is 4.25. The van der Waals surface area contributed by atoms with Gasteiger partial charge in [-0.05, 0) is 44.7 Å². The second-order valence-corrected chi connectivity index (χ2v) is 5.71. The summed E-state index contributed by atoms with van der Waals surface area (Å²) in [6, 6.07) is 8.22. The Morgan fingerprint density at radius 3 is 2.37 bits per heavy atom. The first-order chi connectivity index (χ1) is 9.13. The lowest BCUT2D eigenvalue weighted by Gasteiger charge is -2.37. The largest absolute Gasteiger partial charge is 0.393 e. The van der Waals surface area contributed by atoms with Crippen LogP contribution in [-0.4, -0.2) is 34.2 Å². The van der Waals surface area contributed by atoms with E-state index in [9.17, 15) is 9.90 Å². The molecule has 2 saturated heterocycles. The normalized spacial score (nSPS) is 29.4. The van der Waals surface area contributed by atoms with Crippen LogP contribution in [0.3, 0.4) is 0 Å². The van der Waals surface area contributed by atoms with Crippen LogP contribution in [0.15, 0.2) is 24.3 Å². The van der Waals surface area contributed by atoms with Crippen LogP contribution in [0.5, 0.6) is 0 Å². The van der Waals surface area contributed by atoms with E-state index >= 15 is 0 Å². The highest BCUT2D eigenvalue weighted by Crippen LogP contribution is 2.36. The maximum absolute atomic E-state index is 12.4. The SMILES string of the molecule is Cc1ccc(NC(=O)N2C3CCC2CC(O)C3)cc1. The summed E-state index contributed by atoms with van der Waals surface area (Å²) in [6.07, 6.45) is 3.24. The van der Waals surface area contributed by atoms with Crippen LogP contribution in [0.4, 0.5) is 10.5 Å². The molecule has 0 aliphatic carbocycles. The molecule has 2 aliphatic heterocycles. The van der Waals surface area contributed by atoms with E-state index in [1.54, 1.807) is 0 Å². The van der Waals surface area contributed by atoms with Crippen LogP contribution in [0.2, 0.25) is 0 Å². The Balaban J connectivity index is 1.69. The van der Waals surface area contributed by atoms with Gasteiger partial charge in [0.1, 0.15) is 0 Å². The molecule has 2 atom stereocenters. The van der Waals surface area contributed by atoms with E-state index in [0.29, 0.717) is 0 Å². The van der Waals surface area contributed by atoms with Gasteiger partial charge in [0.25, 0.3) is 0 Å². The van der Waals surface area contributed by atoms with Crippen LogP contribution in [0, 0.1) is 6.92 Å². The van der Waals surface area contributed by atoms with Crippen molar-refractivity contribution in [3.8, 4) is 0 Å². The van der Waals surface area contributed by atoms with Crippen LogP contribution < -0.4 is 5.32 Å². The van der Waals surface area contributed by atoms with Crippen molar-refractivity contribution in [3.05, 3.63) is 29.8 Å². The maximum Gasteiger partial charge on any atom is 0.322 e. The van der Waals surface area contributed by atoms with E-state index in [1.807, 2.05) is 36.1 Å². The lowest BCUT2D eigenvalue weighted by Crippen LogP contribution is -2.49. The molecule has 0 radical (unpaired) electrons. The van der Waals surface area contributed by atoms with E-state index in [4.69, 9.17) is 0 Å². The van der Waals surface area contributed by atoms with Gasteiger partial charge in [0, 0.05) is 17.8 Å². The predicted molar refractivity (Wildman–Crippen MR) is 74.1 cm³/mol. The highest BCUT2D eigenvalue weighted by atomic mass is 16.3. The summed E-state index contributed by atoms with van der Waals surface area (Å²) in [4.78, 5) is 14.3. The van der Waals surface area contributed by atoms with Gasteiger partial charge in [0.05, 0.1) is 6.10 Å². The minimum atomic E-state index is -0.235. The summed E-state index contributed by atoms with van der Waals surface area (Å²) in [7, 11) is 0. The summed E-state index contributed by atoms with van der Waals surface area (Å²) in [5, 5.41) is 12.7. The van der Waals surface area contributed by atoms with Crippen molar-refractivity contribution in [2.24, 2.45) is 0 Å². The number of piperidine rings is 1. The number of hydrogen-bond donors (Lipinski definition) is 2. The molecule has 0 saturated carbocycles. The zero-order chi connectivity index (χ0) is 13.4. The third kappa shape index (κ3) is 2.45. The zero-order valence-corrected chi connectivity index (χ0v) is 11.2. The fraction of sp³-hybridized carbons (Fsp3) is 0.533. The molecule has 3 rings (SSSR count). The lowest BCUT2D eigenvalue weighted by molar-refractivity contribution is 0.0580. The van der Waals surface area contributed by atoms with E-state index in [2.05, 4.69) is 5.32 Å². The Hall–Kier alpha value is -1.55. The molecule has 102 valence electrons. The van der Waals surface area contributed by atoms with Crippen molar-refractivity contribution in [3.63, 3.8) is 0 Å². The molecule has 2 unspecified atom stereocenters. The number of nitrogens with zero attached hydrogens (tertiary/aromatic N) is 1. The van der Waals surface area contributed by atoms with Gasteiger partial charge in [0.15, 0.2) is 0 Å². The molecule has 2 N–H and O–H groups in total. The molecular formula is C15H20N2O2. The number of aliphatic hydroxyl groups excluding tert-OH is 1. The Labute approximate surface area is 113 Å². The molecule has 19 heavy (non-hydrogen) atoms. The van der Waals surface area contributed by atoms with Crippen molar-refractivity contribution in [1.82, 2.24) is 4.90 Å². The fourth-order valence-corrected chi connectivity index (χ4v) is 3.30. The van der Waals surface area contributed by atoms with Crippen LogP contribution >= 0.6 is 0 Å². The standard InChI is InChI=1S/C15H20N2O2/c1-10-2-4-11(5-3-10)16-15(19)17-12-6-7-13(17)9-14(18)8-12/h2-5,12-14,18H,6-9H2,1H3,(H,16,19). The molecule has 2 bridgehead atoms. The number of aryl methyl sites for hydroxylation is 1. The maximum atomic E-state index is 12.4. The lowest BCUT2D eigenvalue weighted by atomic mass is 10.0. The van der Waals surface area contributed by atoms with Crippen LogP contribution in [0.25, 0.3) is 0 Å². The Morgan fingerprint density at radius 2 is 1.79 bits per heavy atom. The smallest absolute Gasteiger partial charge is 0.322 e. The first-order valence-electron chi connectivity index (χ1n) is 6.97. The zero-order valence-electron chi connectivity index (χ0n) is 11.2. The van der Waals surface area contributed by atoms with E-state index < -0.39 is 0 Å². The molecule has 1 aromatic carbocycles. The molecule has 0 spiro atoms. The van der Waals surface area contributed by atoms with E-state index in [0.717, 1.165) is 31.4 Å². The fourth-order valence-electron chi connectivity index (χ4n) is 3.30. The Bertz CT molecular complexity index is 458. The number of carbonyl (C=O) groups excluding carboxylic acids is 1. The van der Waals surface area contributed by atoms with Gasteiger partial charge in [-0.3, -0.25) is 0 Å². The van der Waals surface area contributed by atoms with E-state index in [1.165, 1.54) is 5.56 Å².